The molecule has 1 aliphatic heterocycles. The Morgan fingerprint density at radius 2 is 1.62 bits per heavy atom. The lowest BCUT2D eigenvalue weighted by molar-refractivity contribution is -0.159. The van der Waals surface area contributed by atoms with E-state index in [1.165, 1.54) is 26.2 Å². The van der Waals surface area contributed by atoms with E-state index in [2.05, 4.69) is 0 Å². The minimum Gasteiger partial charge on any atom is -0.493 e. The number of carbonyl (C=O) groups is 3. The molecular weight excluding hydrogens is 478 g/mol. The second-order valence-corrected chi connectivity index (χ2v) is 10.0. The van der Waals surface area contributed by atoms with Gasteiger partial charge in [0.25, 0.3) is 0 Å². The van der Waals surface area contributed by atoms with Crippen LogP contribution in [0.1, 0.15) is 69.3 Å². The number of hydrogen-bond acceptors (Lipinski definition) is 7. The number of benzene rings is 1. The average Bonchev–Trinajstić information content (AvgIpc) is 2.91. The van der Waals surface area contributed by atoms with Crippen molar-refractivity contribution in [1.82, 2.24) is 4.90 Å². The molecule has 3 amide bonds. The van der Waals surface area contributed by atoms with E-state index in [-0.39, 0.29) is 37.8 Å². The molecule has 1 aromatic carbocycles. The van der Waals surface area contributed by atoms with Crippen molar-refractivity contribution in [3.05, 3.63) is 17.7 Å². The van der Waals surface area contributed by atoms with Gasteiger partial charge in [0, 0.05) is 13.2 Å². The van der Waals surface area contributed by atoms with Gasteiger partial charge in [-0.05, 0) is 62.1 Å². The van der Waals surface area contributed by atoms with E-state index >= 15 is 0 Å². The van der Waals surface area contributed by atoms with Crippen LogP contribution >= 0.6 is 0 Å². The van der Waals surface area contributed by atoms with Crippen molar-refractivity contribution >= 4 is 17.7 Å². The molecule has 0 aromatic heterocycles. The third kappa shape index (κ3) is 5.49. The Kier molecular flexibility index (Phi) is 9.64. The maximum absolute atomic E-state index is 14.6. The molecule has 5 N–H and O–H groups in total. The number of amides is 3. The van der Waals surface area contributed by atoms with Crippen molar-refractivity contribution in [3.8, 4) is 17.2 Å². The summed E-state index contributed by atoms with van der Waals surface area (Å²) >= 11 is 0. The zero-order chi connectivity index (χ0) is 27.2. The number of aliphatic hydroxyl groups is 1. The number of aliphatic hydroxyl groups excluding tert-OH is 1. The highest BCUT2D eigenvalue weighted by molar-refractivity contribution is 5.97. The second kappa shape index (κ2) is 12.5. The number of nitrogens with zero attached hydrogens (tertiary/aromatic N) is 1. The van der Waals surface area contributed by atoms with Gasteiger partial charge in [-0.3, -0.25) is 14.4 Å². The molecule has 1 saturated carbocycles. The molecule has 37 heavy (non-hydrogen) atoms. The van der Waals surface area contributed by atoms with Crippen molar-refractivity contribution in [2.24, 2.45) is 23.3 Å². The Bertz CT molecular complexity index is 954. The molecule has 1 saturated heterocycles. The van der Waals surface area contributed by atoms with E-state index < -0.39 is 29.2 Å². The summed E-state index contributed by atoms with van der Waals surface area (Å²) in [7, 11) is 4.56. The van der Waals surface area contributed by atoms with Crippen LogP contribution < -0.4 is 25.7 Å². The standard InChI is InChI=1S/C27H41N3O7/c1-35-20-15-18(16-21(36-2)23(20)37-3)22(17-9-5-4-6-10-17)25(33)30-13-8-7-12-27(30,26(29)34)19(11-14-31)24(28)32/h15-17,19,22,31H,4-14H2,1-3H3,(H2,28,32)(H2,29,34)/t19-,22+,27?/m1/s1. The summed E-state index contributed by atoms with van der Waals surface area (Å²) in [5.74, 6) is -2.21. The molecule has 1 aromatic rings. The first-order chi connectivity index (χ1) is 17.8. The number of likely N-dealkylation sites (tertiary alicyclic amines) is 1. The molecule has 0 spiro atoms. The van der Waals surface area contributed by atoms with E-state index in [0.29, 0.717) is 35.7 Å². The van der Waals surface area contributed by atoms with Crippen LogP contribution in [-0.4, -0.2) is 67.7 Å². The number of rotatable bonds is 11. The first-order valence-electron chi connectivity index (χ1n) is 13.1. The van der Waals surface area contributed by atoms with Gasteiger partial charge in [-0.1, -0.05) is 19.3 Å². The lowest BCUT2D eigenvalue weighted by Crippen LogP contribution is -2.68. The summed E-state index contributed by atoms with van der Waals surface area (Å²) in [5, 5.41) is 9.69. The second-order valence-electron chi connectivity index (χ2n) is 10.0. The summed E-state index contributed by atoms with van der Waals surface area (Å²) in [5.41, 5.74) is 10.8. The minimum absolute atomic E-state index is 0.0152. The van der Waals surface area contributed by atoms with Crippen LogP contribution in [0.2, 0.25) is 0 Å². The van der Waals surface area contributed by atoms with E-state index in [1.807, 2.05) is 0 Å². The molecule has 10 heteroatoms. The van der Waals surface area contributed by atoms with Gasteiger partial charge in [0.2, 0.25) is 23.5 Å². The van der Waals surface area contributed by atoms with Crippen molar-refractivity contribution in [2.75, 3.05) is 34.5 Å². The Morgan fingerprint density at radius 3 is 2.11 bits per heavy atom. The summed E-state index contributed by atoms with van der Waals surface area (Å²) in [6.07, 6.45) is 6.22. The summed E-state index contributed by atoms with van der Waals surface area (Å²) in [6.45, 7) is -0.0891. The number of piperidine rings is 1. The third-order valence-corrected chi connectivity index (χ3v) is 8.14. The van der Waals surface area contributed by atoms with Crippen LogP contribution in [0.25, 0.3) is 0 Å². The normalized spacial score (nSPS) is 22.1. The smallest absolute Gasteiger partial charge is 0.244 e. The molecule has 206 valence electrons. The number of ether oxygens (including phenoxy) is 3. The molecule has 2 aliphatic rings. The highest BCUT2D eigenvalue weighted by Crippen LogP contribution is 2.46. The number of carbonyl (C=O) groups excluding carboxylic acids is 3. The molecule has 0 bridgehead atoms. The quantitative estimate of drug-likeness (QED) is 0.404. The number of hydrogen-bond donors (Lipinski definition) is 3. The zero-order valence-corrected chi connectivity index (χ0v) is 22.2. The van der Waals surface area contributed by atoms with Gasteiger partial charge in [0.05, 0.1) is 33.2 Å². The molecule has 0 radical (unpaired) electrons. The topological polar surface area (TPSA) is 154 Å². The van der Waals surface area contributed by atoms with Crippen LogP contribution in [0.5, 0.6) is 17.2 Å². The van der Waals surface area contributed by atoms with Crippen molar-refractivity contribution in [1.29, 1.82) is 0 Å². The maximum atomic E-state index is 14.6. The Labute approximate surface area is 218 Å². The van der Waals surface area contributed by atoms with Crippen molar-refractivity contribution in [2.45, 2.75) is 69.2 Å². The largest absolute Gasteiger partial charge is 0.493 e. The Hall–Kier alpha value is -3.01. The SMILES string of the molecule is COc1cc([C@@H](C(=O)N2CCCCC2(C(N)=O)[C@H](CCO)C(N)=O)C2CCCCC2)cc(OC)c1OC. The maximum Gasteiger partial charge on any atom is 0.244 e. The first-order valence-corrected chi connectivity index (χ1v) is 13.1. The molecule has 10 nitrogen and oxygen atoms in total. The van der Waals surface area contributed by atoms with Gasteiger partial charge in [-0.15, -0.1) is 0 Å². The van der Waals surface area contributed by atoms with Crippen molar-refractivity contribution < 1.29 is 33.7 Å². The molecule has 1 heterocycles. The van der Waals surface area contributed by atoms with Crippen LogP contribution in [0.15, 0.2) is 12.1 Å². The highest BCUT2D eigenvalue weighted by Gasteiger charge is 2.55. The van der Waals surface area contributed by atoms with E-state index in [1.54, 1.807) is 12.1 Å². The number of nitrogens with two attached hydrogens (primary N) is 2. The first kappa shape index (κ1) is 28.6. The van der Waals surface area contributed by atoms with Crippen LogP contribution in [0.4, 0.5) is 0 Å². The van der Waals surface area contributed by atoms with Crippen molar-refractivity contribution in [3.63, 3.8) is 0 Å². The number of methoxy groups -OCH3 is 3. The Morgan fingerprint density at radius 1 is 1.00 bits per heavy atom. The molecule has 1 aliphatic carbocycles. The van der Waals surface area contributed by atoms with Gasteiger partial charge in [-0.25, -0.2) is 0 Å². The van der Waals surface area contributed by atoms with E-state index in [0.717, 1.165) is 32.1 Å². The third-order valence-electron chi connectivity index (χ3n) is 8.14. The van der Waals surface area contributed by atoms with Crippen LogP contribution in [0.3, 0.4) is 0 Å². The molecule has 1 unspecified atom stereocenters. The van der Waals surface area contributed by atoms with Crippen LogP contribution in [-0.2, 0) is 14.4 Å². The molecule has 3 rings (SSSR count). The summed E-state index contributed by atoms with van der Waals surface area (Å²) in [6, 6.07) is 3.57. The van der Waals surface area contributed by atoms with Gasteiger partial charge < -0.3 is 35.7 Å². The molecular formula is C27H41N3O7. The average molecular weight is 520 g/mol. The fourth-order valence-electron chi connectivity index (χ4n) is 6.37. The predicted octanol–water partition coefficient (Wildman–Crippen LogP) is 2.10. The van der Waals surface area contributed by atoms with Gasteiger partial charge >= 0.3 is 0 Å². The fourth-order valence-corrected chi connectivity index (χ4v) is 6.37. The van der Waals surface area contributed by atoms with Gasteiger partial charge in [0.15, 0.2) is 11.5 Å². The zero-order valence-electron chi connectivity index (χ0n) is 22.2. The lowest BCUT2D eigenvalue weighted by atomic mass is 9.70. The molecule has 3 atom stereocenters. The van der Waals surface area contributed by atoms with E-state index in [4.69, 9.17) is 25.7 Å². The molecule has 2 fully saturated rings. The predicted molar refractivity (Wildman–Crippen MR) is 137 cm³/mol. The lowest BCUT2D eigenvalue weighted by Gasteiger charge is -2.50. The highest BCUT2D eigenvalue weighted by atomic mass is 16.5. The van der Waals surface area contributed by atoms with E-state index in [9.17, 15) is 19.5 Å². The Balaban J connectivity index is 2.18. The summed E-state index contributed by atoms with van der Waals surface area (Å²) in [4.78, 5) is 41.8. The van der Waals surface area contributed by atoms with Gasteiger partial charge in [-0.2, -0.15) is 0 Å². The number of primary amides is 2. The van der Waals surface area contributed by atoms with Gasteiger partial charge in [0.1, 0.15) is 5.54 Å². The summed E-state index contributed by atoms with van der Waals surface area (Å²) < 4.78 is 16.6. The minimum atomic E-state index is -1.60. The monoisotopic (exact) mass is 519 g/mol. The van der Waals surface area contributed by atoms with Crippen LogP contribution in [0, 0.1) is 11.8 Å². The fraction of sp³-hybridized carbons (Fsp3) is 0.667.